The molecule has 1 saturated carbocycles. The monoisotopic (exact) mass is 420 g/mol. The fourth-order valence-electron chi connectivity index (χ4n) is 3.31. The Hall–Kier alpha value is -1.38. The van der Waals surface area contributed by atoms with E-state index in [1.807, 2.05) is 17.3 Å². The van der Waals surface area contributed by atoms with E-state index in [1.54, 1.807) is 23.1 Å². The second kappa shape index (κ2) is 8.16. The maximum absolute atomic E-state index is 13.1. The number of piperidine rings is 1. The molecule has 0 atom stereocenters. The number of carbonyl (C=O) groups is 1. The van der Waals surface area contributed by atoms with Crippen LogP contribution in [-0.4, -0.2) is 35.0 Å². The number of hydrogen-bond donors (Lipinski definition) is 1. The van der Waals surface area contributed by atoms with Gasteiger partial charge in [0.25, 0.3) is 0 Å². The summed E-state index contributed by atoms with van der Waals surface area (Å²) in [5.74, 6) is 2.70. The summed E-state index contributed by atoms with van der Waals surface area (Å²) in [5.41, 5.74) is -0.0344. The van der Waals surface area contributed by atoms with Gasteiger partial charge in [0.1, 0.15) is 5.76 Å². The first kappa shape index (κ1) is 19.9. The zero-order valence-corrected chi connectivity index (χ0v) is 18.4. The highest BCUT2D eigenvalue weighted by Gasteiger charge is 2.38. The fraction of sp³-hybridized carbons (Fsp3) is 0.650. The predicted octanol–water partition coefficient (Wildman–Crippen LogP) is 4.22. The third-order valence-electron chi connectivity index (χ3n) is 5.15. The van der Waals surface area contributed by atoms with Crippen molar-refractivity contribution in [2.45, 2.75) is 67.9 Å². The molecular formula is C20H28N4O2S2. The van der Waals surface area contributed by atoms with Crippen LogP contribution in [0.5, 0.6) is 0 Å². The molecule has 0 aromatic carbocycles. The average molecular weight is 421 g/mol. The molecule has 4 rings (SSSR count). The molecule has 0 radical (unpaired) electrons. The fourth-order valence-corrected chi connectivity index (χ4v) is 5.20. The van der Waals surface area contributed by atoms with Gasteiger partial charge in [-0.1, -0.05) is 32.1 Å². The Bertz CT molecular complexity index is 816. The maximum Gasteiger partial charge on any atom is 0.232 e. The van der Waals surface area contributed by atoms with Gasteiger partial charge in [-0.3, -0.25) is 9.69 Å². The summed E-state index contributed by atoms with van der Waals surface area (Å²) >= 11 is 3.27. The van der Waals surface area contributed by atoms with E-state index in [4.69, 9.17) is 4.42 Å². The summed E-state index contributed by atoms with van der Waals surface area (Å²) in [6.45, 7) is 8.21. The van der Waals surface area contributed by atoms with Gasteiger partial charge in [-0.05, 0) is 38.8 Å². The summed E-state index contributed by atoms with van der Waals surface area (Å²) in [7, 11) is 0. The normalized spacial score (nSPS) is 18.4. The largest absolute Gasteiger partial charge is 0.444 e. The molecule has 2 fully saturated rings. The molecule has 0 bridgehead atoms. The van der Waals surface area contributed by atoms with Gasteiger partial charge in [0.2, 0.25) is 11.8 Å². The molecule has 152 valence electrons. The SMILES string of the molecule is CC(C)(C)c1cnc(CSc2cnc(N(C(=O)C3CCNCC3)C3CC3)s2)o1. The zero-order chi connectivity index (χ0) is 19.7. The van der Waals surface area contributed by atoms with Gasteiger partial charge in [-0.25, -0.2) is 9.97 Å². The lowest BCUT2D eigenvalue weighted by Gasteiger charge is -2.28. The van der Waals surface area contributed by atoms with E-state index in [1.165, 1.54) is 0 Å². The summed E-state index contributed by atoms with van der Waals surface area (Å²) in [4.78, 5) is 24.1. The standard InChI is InChI=1S/C20H28N4O2S2/c1-20(2,3)15-10-22-16(26-15)12-27-17-11-23-19(28-17)24(14-4-5-14)18(25)13-6-8-21-9-7-13/h10-11,13-14,21H,4-9,12H2,1-3H3. The average Bonchev–Trinajstić information content (AvgIpc) is 3.18. The van der Waals surface area contributed by atoms with Crippen LogP contribution in [0.25, 0.3) is 0 Å². The number of thioether (sulfide) groups is 1. The highest BCUT2D eigenvalue weighted by Crippen LogP contribution is 2.39. The van der Waals surface area contributed by atoms with Crippen LogP contribution in [-0.2, 0) is 16.0 Å². The third-order valence-corrected chi connectivity index (χ3v) is 7.32. The molecule has 0 spiro atoms. The molecule has 6 nitrogen and oxygen atoms in total. The van der Waals surface area contributed by atoms with Crippen LogP contribution in [0.3, 0.4) is 0 Å². The van der Waals surface area contributed by atoms with Crippen molar-refractivity contribution >= 4 is 34.1 Å². The Balaban J connectivity index is 1.41. The lowest BCUT2D eigenvalue weighted by molar-refractivity contribution is -0.123. The van der Waals surface area contributed by atoms with Crippen molar-refractivity contribution in [3.05, 3.63) is 24.0 Å². The van der Waals surface area contributed by atoms with Gasteiger partial charge in [0.05, 0.1) is 22.4 Å². The molecule has 2 aliphatic rings. The Kier molecular flexibility index (Phi) is 5.81. The molecule has 1 amide bonds. The van der Waals surface area contributed by atoms with Crippen LogP contribution < -0.4 is 10.2 Å². The second-order valence-corrected chi connectivity index (χ2v) is 10.9. The number of thiazole rings is 1. The van der Waals surface area contributed by atoms with Crippen LogP contribution in [0, 0.1) is 5.92 Å². The Labute approximate surface area is 174 Å². The second-order valence-electron chi connectivity index (χ2n) is 8.58. The zero-order valence-electron chi connectivity index (χ0n) is 16.7. The van der Waals surface area contributed by atoms with Crippen molar-refractivity contribution in [2.24, 2.45) is 5.92 Å². The van der Waals surface area contributed by atoms with Gasteiger partial charge < -0.3 is 9.73 Å². The van der Waals surface area contributed by atoms with Crippen molar-refractivity contribution in [1.82, 2.24) is 15.3 Å². The van der Waals surface area contributed by atoms with Crippen molar-refractivity contribution in [1.29, 1.82) is 0 Å². The minimum Gasteiger partial charge on any atom is -0.444 e. The summed E-state index contributed by atoms with van der Waals surface area (Å²) in [6.07, 6.45) is 7.73. The molecule has 8 heteroatoms. The lowest BCUT2D eigenvalue weighted by atomic mass is 9.94. The Morgan fingerprint density at radius 1 is 1.25 bits per heavy atom. The third kappa shape index (κ3) is 4.60. The van der Waals surface area contributed by atoms with E-state index in [-0.39, 0.29) is 17.2 Å². The van der Waals surface area contributed by atoms with Crippen LogP contribution in [0.1, 0.15) is 58.1 Å². The number of nitrogens with zero attached hydrogens (tertiary/aromatic N) is 3. The van der Waals surface area contributed by atoms with Crippen molar-refractivity contribution in [3.63, 3.8) is 0 Å². The number of anilines is 1. The number of aromatic nitrogens is 2. The number of nitrogens with one attached hydrogen (secondary N) is 1. The quantitative estimate of drug-likeness (QED) is 0.706. The molecular weight excluding hydrogens is 392 g/mol. The molecule has 1 aliphatic heterocycles. The molecule has 1 N–H and O–H groups in total. The topological polar surface area (TPSA) is 71.3 Å². The minimum atomic E-state index is -0.0344. The molecule has 3 heterocycles. The van der Waals surface area contributed by atoms with Crippen LogP contribution in [0.15, 0.2) is 21.0 Å². The molecule has 1 saturated heterocycles. The number of amides is 1. The number of rotatable bonds is 6. The maximum atomic E-state index is 13.1. The number of hydrogen-bond acceptors (Lipinski definition) is 7. The molecule has 2 aromatic heterocycles. The molecule has 28 heavy (non-hydrogen) atoms. The number of oxazole rings is 1. The first-order valence-corrected chi connectivity index (χ1v) is 11.8. The van der Waals surface area contributed by atoms with Gasteiger partial charge in [0, 0.05) is 17.4 Å². The van der Waals surface area contributed by atoms with E-state index >= 15 is 0 Å². The van der Waals surface area contributed by atoms with E-state index in [0.717, 1.165) is 59.8 Å². The Morgan fingerprint density at radius 3 is 2.64 bits per heavy atom. The minimum absolute atomic E-state index is 0.0344. The number of carbonyl (C=O) groups excluding carboxylic acids is 1. The summed E-state index contributed by atoms with van der Waals surface area (Å²) < 4.78 is 6.96. The predicted molar refractivity (Wildman–Crippen MR) is 113 cm³/mol. The summed E-state index contributed by atoms with van der Waals surface area (Å²) in [5, 5.41) is 4.18. The van der Waals surface area contributed by atoms with Crippen LogP contribution in [0.4, 0.5) is 5.13 Å². The van der Waals surface area contributed by atoms with E-state index < -0.39 is 0 Å². The van der Waals surface area contributed by atoms with Crippen LogP contribution in [0.2, 0.25) is 0 Å². The van der Waals surface area contributed by atoms with Gasteiger partial charge in [-0.15, -0.1) is 11.8 Å². The van der Waals surface area contributed by atoms with E-state index in [0.29, 0.717) is 11.8 Å². The smallest absolute Gasteiger partial charge is 0.232 e. The van der Waals surface area contributed by atoms with Gasteiger partial charge in [-0.2, -0.15) is 0 Å². The van der Waals surface area contributed by atoms with Crippen molar-refractivity contribution in [2.75, 3.05) is 18.0 Å². The molecule has 1 aliphatic carbocycles. The summed E-state index contributed by atoms with van der Waals surface area (Å²) in [6, 6.07) is 0.340. The van der Waals surface area contributed by atoms with Gasteiger partial charge >= 0.3 is 0 Å². The molecule has 0 unspecified atom stereocenters. The van der Waals surface area contributed by atoms with Gasteiger partial charge in [0.15, 0.2) is 5.13 Å². The van der Waals surface area contributed by atoms with Crippen molar-refractivity contribution < 1.29 is 9.21 Å². The Morgan fingerprint density at radius 2 is 2.00 bits per heavy atom. The van der Waals surface area contributed by atoms with Crippen molar-refractivity contribution in [3.8, 4) is 0 Å². The van der Waals surface area contributed by atoms with E-state index in [9.17, 15) is 4.79 Å². The van der Waals surface area contributed by atoms with Crippen LogP contribution >= 0.6 is 23.1 Å². The van der Waals surface area contributed by atoms with E-state index in [2.05, 4.69) is 36.1 Å². The highest BCUT2D eigenvalue weighted by molar-refractivity contribution is 8.00. The lowest BCUT2D eigenvalue weighted by Crippen LogP contribution is -2.42. The highest BCUT2D eigenvalue weighted by atomic mass is 32.2. The first-order chi connectivity index (χ1) is 13.4. The molecule has 2 aromatic rings. The first-order valence-electron chi connectivity index (χ1n) is 9.99.